The fourth-order valence-electron chi connectivity index (χ4n) is 2.99. The second-order valence-electron chi connectivity index (χ2n) is 6.61. The average Bonchev–Trinajstić information content (AvgIpc) is 3.04. The summed E-state index contributed by atoms with van der Waals surface area (Å²) in [5.41, 5.74) is 3.22. The van der Waals surface area contributed by atoms with Crippen LogP contribution in [0.3, 0.4) is 0 Å². The number of likely N-dealkylation sites (N-methyl/N-ethyl adjacent to an activating group) is 1. The molecule has 0 aromatic heterocycles. The maximum atomic E-state index is 12.7. The zero-order valence-corrected chi connectivity index (χ0v) is 15.6. The van der Waals surface area contributed by atoms with Crippen LogP contribution in [0.4, 0.5) is 0 Å². The summed E-state index contributed by atoms with van der Waals surface area (Å²) in [6, 6.07) is 13.2. The van der Waals surface area contributed by atoms with E-state index in [1.54, 1.807) is 18.2 Å². The van der Waals surface area contributed by atoms with Crippen molar-refractivity contribution in [3.05, 3.63) is 59.2 Å². The van der Waals surface area contributed by atoms with Gasteiger partial charge in [-0.05, 0) is 50.3 Å². The first-order chi connectivity index (χ1) is 11.9. The van der Waals surface area contributed by atoms with Crippen LogP contribution in [0.5, 0.6) is 5.75 Å². The first kappa shape index (κ1) is 17.9. The van der Waals surface area contributed by atoms with Gasteiger partial charge in [-0.15, -0.1) is 0 Å². The summed E-state index contributed by atoms with van der Waals surface area (Å²) in [7, 11) is 0.341. The number of nitrogens with zero attached hydrogens (tertiary/aromatic N) is 1. The van der Waals surface area contributed by atoms with E-state index in [2.05, 4.69) is 4.72 Å². The van der Waals surface area contributed by atoms with E-state index in [0.29, 0.717) is 13.2 Å². The number of fused-ring (bicyclic) bond motifs is 1. The quantitative estimate of drug-likeness (QED) is 0.860. The second-order valence-corrected chi connectivity index (χ2v) is 8.38. The van der Waals surface area contributed by atoms with Gasteiger partial charge in [0.2, 0.25) is 10.0 Å². The maximum Gasteiger partial charge on any atom is 0.240 e. The molecule has 2 aromatic carbocycles. The highest BCUT2D eigenvalue weighted by atomic mass is 32.2. The average molecular weight is 360 g/mol. The van der Waals surface area contributed by atoms with Crippen molar-refractivity contribution in [3.8, 4) is 5.75 Å². The van der Waals surface area contributed by atoms with Crippen molar-refractivity contribution < 1.29 is 13.2 Å². The van der Waals surface area contributed by atoms with Gasteiger partial charge < -0.3 is 9.64 Å². The molecule has 0 bridgehead atoms. The van der Waals surface area contributed by atoms with Crippen LogP contribution >= 0.6 is 0 Å². The zero-order valence-electron chi connectivity index (χ0n) is 14.8. The second kappa shape index (κ2) is 7.15. The molecule has 1 aliphatic rings. The lowest BCUT2D eigenvalue weighted by Gasteiger charge is -2.25. The van der Waals surface area contributed by atoms with E-state index in [-0.39, 0.29) is 10.9 Å². The van der Waals surface area contributed by atoms with Gasteiger partial charge in [-0.2, -0.15) is 0 Å². The third kappa shape index (κ3) is 4.03. The molecule has 5 nitrogen and oxygen atoms in total. The Labute approximate surface area is 149 Å². The lowest BCUT2D eigenvalue weighted by molar-refractivity contribution is 0.299. The highest BCUT2D eigenvalue weighted by molar-refractivity contribution is 7.89. The van der Waals surface area contributed by atoms with Crippen molar-refractivity contribution in [1.29, 1.82) is 0 Å². The largest absolute Gasteiger partial charge is 0.493 e. The van der Waals surface area contributed by atoms with Crippen LogP contribution in [0.2, 0.25) is 0 Å². The first-order valence-corrected chi connectivity index (χ1v) is 9.83. The molecule has 0 saturated carbocycles. The third-order valence-electron chi connectivity index (χ3n) is 4.52. The Morgan fingerprint density at radius 1 is 1.16 bits per heavy atom. The predicted molar refractivity (Wildman–Crippen MR) is 98.4 cm³/mol. The summed E-state index contributed by atoms with van der Waals surface area (Å²) in [4.78, 5) is 2.31. The maximum absolute atomic E-state index is 12.7. The Balaban J connectivity index is 1.76. The van der Waals surface area contributed by atoms with Gasteiger partial charge in [0.05, 0.1) is 11.5 Å². The molecule has 0 amide bonds. The topological polar surface area (TPSA) is 58.6 Å². The molecule has 25 heavy (non-hydrogen) atoms. The van der Waals surface area contributed by atoms with Crippen molar-refractivity contribution in [1.82, 2.24) is 9.62 Å². The molecule has 1 unspecified atom stereocenters. The van der Waals surface area contributed by atoms with E-state index >= 15 is 0 Å². The van der Waals surface area contributed by atoms with Crippen LogP contribution in [-0.2, 0) is 16.4 Å². The minimum Gasteiger partial charge on any atom is -0.493 e. The molecule has 1 atom stereocenters. The molecule has 1 aliphatic heterocycles. The number of rotatable bonds is 6. The number of hydrogen-bond acceptors (Lipinski definition) is 4. The normalized spacial score (nSPS) is 15.0. The van der Waals surface area contributed by atoms with E-state index < -0.39 is 10.0 Å². The van der Waals surface area contributed by atoms with Crippen LogP contribution in [0.15, 0.2) is 47.4 Å². The van der Waals surface area contributed by atoms with Crippen molar-refractivity contribution in [2.24, 2.45) is 0 Å². The van der Waals surface area contributed by atoms with E-state index in [1.807, 2.05) is 50.2 Å². The molecule has 0 spiro atoms. The molecule has 0 fully saturated rings. The van der Waals surface area contributed by atoms with Crippen LogP contribution in [0, 0.1) is 6.92 Å². The van der Waals surface area contributed by atoms with Crippen molar-refractivity contribution in [2.75, 3.05) is 27.2 Å². The summed E-state index contributed by atoms with van der Waals surface area (Å²) < 4.78 is 33.5. The minimum absolute atomic E-state index is 0.0341. The summed E-state index contributed by atoms with van der Waals surface area (Å²) >= 11 is 0. The minimum atomic E-state index is -3.56. The Hall–Kier alpha value is -1.89. The number of aryl methyl sites for hydroxylation is 1. The standard InChI is InChI=1S/C19H24N2O3S/c1-14-4-6-15(7-5-14)18(21(2)3)13-20-25(22,23)17-8-9-19-16(12-17)10-11-24-19/h4-9,12,18,20H,10-11,13H2,1-3H3. The Morgan fingerprint density at radius 3 is 2.56 bits per heavy atom. The van der Waals surface area contributed by atoms with Crippen LogP contribution in [-0.4, -0.2) is 40.6 Å². The number of hydrogen-bond donors (Lipinski definition) is 1. The van der Waals surface area contributed by atoms with Gasteiger partial charge in [0.1, 0.15) is 5.75 Å². The molecule has 1 N–H and O–H groups in total. The number of nitrogens with one attached hydrogen (secondary N) is 1. The Morgan fingerprint density at radius 2 is 1.88 bits per heavy atom. The first-order valence-electron chi connectivity index (χ1n) is 8.35. The monoisotopic (exact) mass is 360 g/mol. The van der Waals surface area contributed by atoms with Crippen LogP contribution in [0.1, 0.15) is 22.7 Å². The molecule has 134 valence electrons. The van der Waals surface area contributed by atoms with Gasteiger partial charge in [0.25, 0.3) is 0 Å². The fourth-order valence-corrected chi connectivity index (χ4v) is 4.08. The number of benzene rings is 2. The highest BCUT2D eigenvalue weighted by Gasteiger charge is 2.22. The third-order valence-corrected chi connectivity index (χ3v) is 5.94. The smallest absolute Gasteiger partial charge is 0.240 e. The molecule has 0 aliphatic carbocycles. The Kier molecular flexibility index (Phi) is 5.13. The lowest BCUT2D eigenvalue weighted by atomic mass is 10.0. The van der Waals surface area contributed by atoms with Gasteiger partial charge in [-0.3, -0.25) is 0 Å². The lowest BCUT2D eigenvalue weighted by Crippen LogP contribution is -2.34. The van der Waals surface area contributed by atoms with Gasteiger partial charge in [-0.25, -0.2) is 13.1 Å². The van der Waals surface area contributed by atoms with E-state index in [0.717, 1.165) is 23.3 Å². The zero-order chi connectivity index (χ0) is 18.0. The van der Waals surface area contributed by atoms with Crippen LogP contribution in [0.25, 0.3) is 0 Å². The van der Waals surface area contributed by atoms with Crippen molar-refractivity contribution in [2.45, 2.75) is 24.3 Å². The summed E-state index contributed by atoms with van der Waals surface area (Å²) in [6.45, 7) is 2.96. The molecule has 6 heteroatoms. The van der Waals surface area contributed by atoms with Gasteiger partial charge in [0.15, 0.2) is 0 Å². The summed E-state index contributed by atoms with van der Waals surface area (Å²) in [5, 5.41) is 0. The molecule has 1 heterocycles. The van der Waals surface area contributed by atoms with Gasteiger partial charge in [-0.1, -0.05) is 29.8 Å². The van der Waals surface area contributed by atoms with Crippen molar-refractivity contribution >= 4 is 10.0 Å². The fraction of sp³-hybridized carbons (Fsp3) is 0.368. The highest BCUT2D eigenvalue weighted by Crippen LogP contribution is 2.27. The predicted octanol–water partition coefficient (Wildman–Crippen LogP) is 2.51. The SMILES string of the molecule is Cc1ccc(C(CNS(=O)(=O)c2ccc3c(c2)CCO3)N(C)C)cc1. The molecular weight excluding hydrogens is 336 g/mol. The van der Waals surface area contributed by atoms with E-state index in [4.69, 9.17) is 4.74 Å². The Bertz CT molecular complexity index is 845. The van der Waals surface area contributed by atoms with Crippen LogP contribution < -0.4 is 9.46 Å². The molecule has 2 aromatic rings. The molecule has 0 saturated heterocycles. The van der Waals surface area contributed by atoms with Gasteiger partial charge in [0, 0.05) is 19.0 Å². The van der Waals surface area contributed by atoms with Gasteiger partial charge >= 0.3 is 0 Å². The molecule has 3 rings (SSSR count). The molecular formula is C19H24N2O3S. The number of ether oxygens (including phenoxy) is 1. The van der Waals surface area contributed by atoms with E-state index in [9.17, 15) is 8.42 Å². The summed E-state index contributed by atoms with van der Waals surface area (Å²) in [5.74, 6) is 0.782. The van der Waals surface area contributed by atoms with E-state index in [1.165, 1.54) is 5.56 Å². The van der Waals surface area contributed by atoms with Crippen molar-refractivity contribution in [3.63, 3.8) is 0 Å². The number of sulfonamides is 1. The molecule has 0 radical (unpaired) electrons. The summed E-state index contributed by atoms with van der Waals surface area (Å²) in [6.07, 6.45) is 0.752.